The Kier molecular flexibility index (Phi) is 4.49. The maximum atomic E-state index is 11.2. The molecular weight excluding hydrogens is 127 g/mol. The Morgan fingerprint density at radius 1 is 1.78 bits per heavy atom. The van der Waals surface area contributed by atoms with Crippen LogP contribution in [0.5, 0.6) is 0 Å². The topological polar surface area (TPSA) is 35.5 Å². The van der Waals surface area contributed by atoms with E-state index >= 15 is 0 Å². The van der Waals surface area contributed by atoms with Gasteiger partial charge in [-0.1, -0.05) is 0 Å². The second-order valence-electron chi connectivity index (χ2n) is 1.10. The van der Waals surface area contributed by atoms with Crippen molar-refractivity contribution in [1.82, 2.24) is 0 Å². The van der Waals surface area contributed by atoms with E-state index in [1.54, 1.807) is 0 Å². The Bertz CT molecular complexity index is 111. The maximum absolute atomic E-state index is 11.2. The highest BCUT2D eigenvalue weighted by atomic mass is 19.1. The van der Waals surface area contributed by atoms with Crippen molar-refractivity contribution >= 4 is 6.16 Å². The molecule has 0 amide bonds. The molecule has 0 aromatic carbocycles. The van der Waals surface area contributed by atoms with Crippen molar-refractivity contribution in [1.29, 1.82) is 0 Å². The lowest BCUT2D eigenvalue weighted by atomic mass is 10.7. The van der Waals surface area contributed by atoms with E-state index in [1.165, 1.54) is 7.11 Å². The third kappa shape index (κ3) is 4.80. The van der Waals surface area contributed by atoms with Crippen LogP contribution in [0.15, 0.2) is 12.3 Å². The number of ether oxygens (including phenoxy) is 2. The number of rotatable bonds is 2. The van der Waals surface area contributed by atoms with E-state index in [2.05, 4.69) is 9.47 Å². The SMILES string of the molecule is COC(=O)OC=CCF. The number of carbonyl (C=O) groups excluding carboxylic acids is 1. The predicted octanol–water partition coefficient (Wildman–Crippen LogP) is 1.25. The highest BCUT2D eigenvalue weighted by molar-refractivity contribution is 5.60. The Labute approximate surface area is 52.1 Å². The summed E-state index contributed by atoms with van der Waals surface area (Å²) in [6.07, 6.45) is 1.14. The van der Waals surface area contributed by atoms with Gasteiger partial charge in [-0.3, -0.25) is 0 Å². The molecule has 3 nitrogen and oxygen atoms in total. The molecule has 0 bridgehead atoms. The van der Waals surface area contributed by atoms with Crippen LogP contribution in [0.3, 0.4) is 0 Å². The van der Waals surface area contributed by atoms with E-state index in [4.69, 9.17) is 0 Å². The van der Waals surface area contributed by atoms with Crippen LogP contribution in [-0.2, 0) is 9.47 Å². The van der Waals surface area contributed by atoms with Gasteiger partial charge in [0.05, 0.1) is 13.4 Å². The molecule has 0 spiro atoms. The lowest BCUT2D eigenvalue weighted by Gasteiger charge is -1.92. The van der Waals surface area contributed by atoms with Gasteiger partial charge in [-0.25, -0.2) is 9.18 Å². The highest BCUT2D eigenvalue weighted by Gasteiger charge is 1.92. The Morgan fingerprint density at radius 2 is 2.44 bits per heavy atom. The first-order chi connectivity index (χ1) is 4.31. The molecule has 0 atom stereocenters. The fraction of sp³-hybridized carbons (Fsp3) is 0.400. The fourth-order valence-electron chi connectivity index (χ4n) is 0.188. The maximum Gasteiger partial charge on any atom is 0.512 e. The summed E-state index contributed by atoms with van der Waals surface area (Å²) in [6, 6.07) is 0. The molecule has 0 aromatic rings. The molecule has 0 saturated carbocycles. The number of carbonyl (C=O) groups is 1. The lowest BCUT2D eigenvalue weighted by molar-refractivity contribution is 0.105. The van der Waals surface area contributed by atoms with Crippen LogP contribution in [0, 0.1) is 0 Å². The molecule has 0 aromatic heterocycles. The largest absolute Gasteiger partial charge is 0.512 e. The van der Waals surface area contributed by atoms with Crippen LogP contribution < -0.4 is 0 Å². The Morgan fingerprint density at radius 3 is 2.89 bits per heavy atom. The second kappa shape index (κ2) is 5.08. The van der Waals surface area contributed by atoms with Gasteiger partial charge in [0.15, 0.2) is 0 Å². The van der Waals surface area contributed by atoms with Gasteiger partial charge in [-0.15, -0.1) is 0 Å². The summed E-state index contributed by atoms with van der Waals surface area (Å²) < 4.78 is 19.4. The first-order valence-corrected chi connectivity index (χ1v) is 2.27. The third-order valence-corrected chi connectivity index (χ3v) is 0.516. The predicted molar refractivity (Wildman–Crippen MR) is 28.6 cm³/mol. The van der Waals surface area contributed by atoms with Crippen LogP contribution >= 0.6 is 0 Å². The molecule has 0 fully saturated rings. The average Bonchev–Trinajstić information content (AvgIpc) is 1.89. The molecule has 0 aliphatic heterocycles. The van der Waals surface area contributed by atoms with E-state index in [-0.39, 0.29) is 0 Å². The summed E-state index contributed by atoms with van der Waals surface area (Å²) in [6.45, 7) is -0.656. The van der Waals surface area contributed by atoms with Gasteiger partial charge in [-0.05, 0) is 6.08 Å². The van der Waals surface area contributed by atoms with Crippen molar-refractivity contribution in [3.8, 4) is 0 Å². The van der Waals surface area contributed by atoms with Crippen molar-refractivity contribution < 1.29 is 18.7 Å². The zero-order valence-electron chi connectivity index (χ0n) is 4.96. The molecule has 0 rings (SSSR count). The molecule has 0 aliphatic rings. The van der Waals surface area contributed by atoms with Gasteiger partial charge in [0, 0.05) is 0 Å². The van der Waals surface area contributed by atoms with E-state index in [0.29, 0.717) is 0 Å². The van der Waals surface area contributed by atoms with Gasteiger partial charge in [0.25, 0.3) is 0 Å². The van der Waals surface area contributed by atoms with Crippen LogP contribution in [0.25, 0.3) is 0 Å². The minimum absolute atomic E-state index is 0.656. The van der Waals surface area contributed by atoms with E-state index in [0.717, 1.165) is 12.3 Å². The summed E-state index contributed by atoms with van der Waals surface area (Å²) in [4.78, 5) is 10.1. The Hall–Kier alpha value is -1.06. The van der Waals surface area contributed by atoms with Crippen molar-refractivity contribution in [3.05, 3.63) is 12.3 Å². The van der Waals surface area contributed by atoms with E-state index in [1.807, 2.05) is 0 Å². The number of methoxy groups -OCH3 is 1. The van der Waals surface area contributed by atoms with Gasteiger partial charge in [0.2, 0.25) is 0 Å². The standard InChI is InChI=1S/C5H7FO3/c1-8-5(7)9-4-2-3-6/h2,4H,3H2,1H3. The van der Waals surface area contributed by atoms with Crippen molar-refractivity contribution in [2.75, 3.05) is 13.8 Å². The third-order valence-electron chi connectivity index (χ3n) is 0.516. The molecule has 0 unspecified atom stereocenters. The van der Waals surface area contributed by atoms with Crippen LogP contribution in [0.1, 0.15) is 0 Å². The molecule has 0 heterocycles. The molecule has 0 N–H and O–H groups in total. The van der Waals surface area contributed by atoms with Gasteiger partial charge >= 0.3 is 6.16 Å². The highest BCUT2D eigenvalue weighted by Crippen LogP contribution is 1.83. The first-order valence-electron chi connectivity index (χ1n) is 2.27. The van der Waals surface area contributed by atoms with Crippen molar-refractivity contribution in [2.24, 2.45) is 0 Å². The zero-order chi connectivity index (χ0) is 7.11. The zero-order valence-corrected chi connectivity index (χ0v) is 4.96. The average molecular weight is 134 g/mol. The van der Waals surface area contributed by atoms with Crippen LogP contribution in [0.2, 0.25) is 0 Å². The van der Waals surface area contributed by atoms with Gasteiger partial charge in [0.1, 0.15) is 6.67 Å². The van der Waals surface area contributed by atoms with E-state index in [9.17, 15) is 9.18 Å². The summed E-state index contributed by atoms with van der Waals surface area (Å²) in [5, 5.41) is 0. The summed E-state index contributed by atoms with van der Waals surface area (Å²) in [5.41, 5.74) is 0. The molecule has 4 heteroatoms. The molecule has 9 heavy (non-hydrogen) atoms. The number of hydrogen-bond acceptors (Lipinski definition) is 3. The number of allylic oxidation sites excluding steroid dienone is 1. The minimum Gasteiger partial charge on any atom is -0.437 e. The lowest BCUT2D eigenvalue weighted by Crippen LogP contribution is -1.97. The normalized spacial score (nSPS) is 9.56. The molecule has 0 saturated heterocycles. The smallest absolute Gasteiger partial charge is 0.437 e. The molecule has 0 aliphatic carbocycles. The quantitative estimate of drug-likeness (QED) is 0.421. The van der Waals surface area contributed by atoms with E-state index < -0.39 is 12.8 Å². The van der Waals surface area contributed by atoms with Crippen LogP contribution in [0.4, 0.5) is 9.18 Å². The number of halogens is 1. The van der Waals surface area contributed by atoms with Crippen molar-refractivity contribution in [2.45, 2.75) is 0 Å². The van der Waals surface area contributed by atoms with Gasteiger partial charge in [-0.2, -0.15) is 0 Å². The summed E-state index contributed by atoms with van der Waals surface area (Å²) >= 11 is 0. The minimum atomic E-state index is -0.848. The number of hydrogen-bond donors (Lipinski definition) is 0. The molecular formula is C5H7FO3. The van der Waals surface area contributed by atoms with Gasteiger partial charge < -0.3 is 9.47 Å². The monoisotopic (exact) mass is 134 g/mol. The number of alkyl halides is 1. The summed E-state index contributed by atoms with van der Waals surface area (Å²) in [7, 11) is 1.17. The Balaban J connectivity index is 3.26. The van der Waals surface area contributed by atoms with Crippen molar-refractivity contribution in [3.63, 3.8) is 0 Å². The van der Waals surface area contributed by atoms with Crippen LogP contribution in [-0.4, -0.2) is 19.9 Å². The summed E-state index contributed by atoms with van der Waals surface area (Å²) in [5.74, 6) is 0. The fourth-order valence-corrected chi connectivity index (χ4v) is 0.188. The molecule has 52 valence electrons. The first kappa shape index (κ1) is 7.94. The molecule has 0 radical (unpaired) electrons. The second-order valence-corrected chi connectivity index (χ2v) is 1.10.